The fraction of sp³-hybridized carbons (Fsp3) is 0.318. The van der Waals surface area contributed by atoms with Crippen LogP contribution in [0.25, 0.3) is 22.2 Å². The van der Waals surface area contributed by atoms with Gasteiger partial charge in [-0.2, -0.15) is 0 Å². The summed E-state index contributed by atoms with van der Waals surface area (Å²) in [5.74, 6) is 1.73. The minimum absolute atomic E-state index is 0.235. The van der Waals surface area contributed by atoms with Crippen LogP contribution in [0.2, 0.25) is 0 Å². The van der Waals surface area contributed by atoms with Gasteiger partial charge in [0.15, 0.2) is 0 Å². The van der Waals surface area contributed by atoms with E-state index in [-0.39, 0.29) is 10.6 Å². The third-order valence-corrected chi connectivity index (χ3v) is 7.03. The highest BCUT2D eigenvalue weighted by Gasteiger charge is 2.39. The van der Waals surface area contributed by atoms with Gasteiger partial charge in [0.25, 0.3) is 0 Å². The molecule has 0 bridgehead atoms. The van der Waals surface area contributed by atoms with E-state index in [1.807, 2.05) is 51.1 Å². The number of aliphatic imine (C=N–C) groups is 1. The summed E-state index contributed by atoms with van der Waals surface area (Å²) in [4.78, 5) is 8.11. The van der Waals surface area contributed by atoms with E-state index in [0.29, 0.717) is 17.2 Å². The number of halogens is 1. The lowest BCUT2D eigenvalue weighted by Gasteiger charge is -2.38. The number of amidine groups is 1. The molecule has 0 saturated carbocycles. The van der Waals surface area contributed by atoms with Gasteiger partial charge in [-0.15, -0.1) is 11.8 Å². The van der Waals surface area contributed by atoms with Gasteiger partial charge in [-0.3, -0.25) is 4.99 Å². The van der Waals surface area contributed by atoms with E-state index in [9.17, 15) is 4.39 Å². The summed E-state index contributed by atoms with van der Waals surface area (Å²) in [6.45, 7) is 6.03. The van der Waals surface area contributed by atoms with Crippen molar-refractivity contribution in [1.82, 2.24) is 4.98 Å². The molecule has 1 aromatic heterocycles. The van der Waals surface area contributed by atoms with Crippen LogP contribution in [0.15, 0.2) is 47.5 Å². The Morgan fingerprint density at radius 2 is 1.96 bits per heavy atom. The van der Waals surface area contributed by atoms with Gasteiger partial charge in [-0.1, -0.05) is 12.1 Å². The summed E-state index contributed by atoms with van der Waals surface area (Å²) in [6, 6.07) is 13.1. The van der Waals surface area contributed by atoms with Crippen LogP contribution >= 0.6 is 11.8 Å². The Balaban J connectivity index is 1.82. The number of hydrogen-bond acceptors (Lipinski definition) is 4. The molecule has 0 saturated heterocycles. The van der Waals surface area contributed by atoms with E-state index >= 15 is 0 Å². The Bertz CT molecular complexity index is 1090. The van der Waals surface area contributed by atoms with E-state index in [1.54, 1.807) is 24.9 Å². The molecule has 1 atom stereocenters. The van der Waals surface area contributed by atoms with Crippen molar-refractivity contribution in [3.05, 3.63) is 53.8 Å². The number of nitrogens with two attached hydrogens (primary N) is 1. The van der Waals surface area contributed by atoms with Crippen LogP contribution in [-0.2, 0) is 5.54 Å². The number of aromatic amines is 1. The summed E-state index contributed by atoms with van der Waals surface area (Å²) < 4.78 is 20.0. The first-order valence-corrected chi connectivity index (χ1v) is 10.2. The summed E-state index contributed by atoms with van der Waals surface area (Å²) in [5, 5.41) is 1.05. The largest absolute Gasteiger partial charge is 0.495 e. The number of para-hydroxylation sites is 1. The molecule has 4 nitrogen and oxygen atoms in total. The quantitative estimate of drug-likeness (QED) is 0.648. The second-order valence-electron chi connectivity index (χ2n) is 7.87. The molecule has 0 aliphatic carbocycles. The zero-order valence-corrected chi connectivity index (χ0v) is 17.3. The van der Waals surface area contributed by atoms with Crippen LogP contribution < -0.4 is 10.5 Å². The monoisotopic (exact) mass is 397 g/mol. The molecule has 6 heteroatoms. The van der Waals surface area contributed by atoms with Gasteiger partial charge in [0.2, 0.25) is 0 Å². The predicted octanol–water partition coefficient (Wildman–Crippen LogP) is 5.08. The van der Waals surface area contributed by atoms with Gasteiger partial charge < -0.3 is 15.5 Å². The molecule has 0 amide bonds. The molecule has 0 unspecified atom stereocenters. The smallest absolute Gasteiger partial charge is 0.142 e. The number of nitrogens with zero attached hydrogens (tertiary/aromatic N) is 1. The Labute approximate surface area is 168 Å². The first kappa shape index (κ1) is 18.9. The van der Waals surface area contributed by atoms with Crippen LogP contribution in [0.3, 0.4) is 0 Å². The average Bonchev–Trinajstić information content (AvgIpc) is 3.10. The maximum Gasteiger partial charge on any atom is 0.142 e. The fourth-order valence-corrected chi connectivity index (χ4v) is 4.58. The lowest BCUT2D eigenvalue weighted by molar-refractivity contribution is 0.419. The Morgan fingerprint density at radius 1 is 1.18 bits per heavy atom. The lowest BCUT2D eigenvalue weighted by atomic mass is 9.91. The molecule has 2 aromatic carbocycles. The number of H-pyrrole nitrogens is 1. The summed E-state index contributed by atoms with van der Waals surface area (Å²) in [5.41, 5.74) is 8.79. The van der Waals surface area contributed by atoms with Crippen molar-refractivity contribution in [1.29, 1.82) is 0 Å². The van der Waals surface area contributed by atoms with Crippen molar-refractivity contribution in [2.45, 2.75) is 31.1 Å². The number of benzene rings is 2. The Kier molecular flexibility index (Phi) is 4.42. The molecule has 0 spiro atoms. The van der Waals surface area contributed by atoms with Gasteiger partial charge in [-0.05, 0) is 56.7 Å². The van der Waals surface area contributed by atoms with E-state index in [2.05, 4.69) is 4.98 Å². The molecule has 4 rings (SSSR count). The van der Waals surface area contributed by atoms with Crippen molar-refractivity contribution >= 4 is 28.5 Å². The predicted molar refractivity (Wildman–Crippen MR) is 116 cm³/mol. The van der Waals surface area contributed by atoms with Gasteiger partial charge >= 0.3 is 0 Å². The third-order valence-electron chi connectivity index (χ3n) is 5.39. The van der Waals surface area contributed by atoms with Crippen molar-refractivity contribution in [2.75, 3.05) is 12.9 Å². The molecule has 3 aromatic rings. The molecule has 0 fully saturated rings. The molecule has 146 valence electrons. The molecule has 1 aliphatic heterocycles. The number of methoxy groups -OCH3 is 1. The van der Waals surface area contributed by atoms with E-state index in [4.69, 9.17) is 15.5 Å². The summed E-state index contributed by atoms with van der Waals surface area (Å²) in [6.07, 6.45) is 0. The first-order chi connectivity index (χ1) is 13.2. The van der Waals surface area contributed by atoms with Crippen LogP contribution in [0.4, 0.5) is 4.39 Å². The second kappa shape index (κ2) is 6.55. The second-order valence-corrected chi connectivity index (χ2v) is 9.47. The summed E-state index contributed by atoms with van der Waals surface area (Å²) >= 11 is 1.70. The Hall–Kier alpha value is -2.47. The standard InChI is InChI=1S/C22H24FN3OS/c1-21(2)20(24)26-22(3,12-28-21)15-10-13(8-9-16(15)23)17-11-14-6-5-7-18(27-4)19(14)25-17/h5-11,25H,12H2,1-4H3,(H2,24,26)/t22-/m0/s1. The number of ether oxygens (including phenoxy) is 1. The maximum atomic E-state index is 14.8. The zero-order chi connectivity index (χ0) is 20.1. The van der Waals surface area contributed by atoms with Crippen molar-refractivity contribution in [2.24, 2.45) is 10.7 Å². The number of fused-ring (bicyclic) bond motifs is 1. The van der Waals surface area contributed by atoms with E-state index in [0.717, 1.165) is 27.9 Å². The van der Waals surface area contributed by atoms with Gasteiger partial charge in [-0.25, -0.2) is 4.39 Å². The number of rotatable bonds is 3. The third kappa shape index (κ3) is 3.05. The molecule has 1 aliphatic rings. The van der Waals surface area contributed by atoms with E-state index in [1.165, 1.54) is 6.07 Å². The van der Waals surface area contributed by atoms with Crippen molar-refractivity contribution in [3.8, 4) is 17.0 Å². The number of aromatic nitrogens is 1. The molecular weight excluding hydrogens is 373 g/mol. The first-order valence-electron chi connectivity index (χ1n) is 9.19. The number of thioether (sulfide) groups is 1. The van der Waals surface area contributed by atoms with Crippen LogP contribution in [0.1, 0.15) is 26.3 Å². The lowest BCUT2D eigenvalue weighted by Crippen LogP contribution is -2.44. The highest BCUT2D eigenvalue weighted by atomic mass is 32.2. The molecule has 28 heavy (non-hydrogen) atoms. The highest BCUT2D eigenvalue weighted by molar-refractivity contribution is 8.01. The Morgan fingerprint density at radius 3 is 2.68 bits per heavy atom. The van der Waals surface area contributed by atoms with Crippen LogP contribution in [-0.4, -0.2) is 28.4 Å². The fourth-order valence-electron chi connectivity index (χ4n) is 3.53. The van der Waals surface area contributed by atoms with Crippen molar-refractivity contribution < 1.29 is 9.13 Å². The summed E-state index contributed by atoms with van der Waals surface area (Å²) in [7, 11) is 1.65. The van der Waals surface area contributed by atoms with Gasteiger partial charge in [0, 0.05) is 22.4 Å². The molecule has 0 radical (unpaired) electrons. The van der Waals surface area contributed by atoms with Gasteiger partial charge in [0.05, 0.1) is 22.9 Å². The SMILES string of the molecule is COc1cccc2cc(-c3ccc(F)c([C@]4(C)CSC(C)(C)C(N)=N4)c3)[nH]c12. The highest BCUT2D eigenvalue weighted by Crippen LogP contribution is 2.42. The van der Waals surface area contributed by atoms with Crippen molar-refractivity contribution in [3.63, 3.8) is 0 Å². The van der Waals surface area contributed by atoms with Gasteiger partial charge in [0.1, 0.15) is 17.4 Å². The number of nitrogens with one attached hydrogen (secondary N) is 1. The van der Waals surface area contributed by atoms with Crippen LogP contribution in [0, 0.1) is 5.82 Å². The molecular formula is C22H24FN3OS. The average molecular weight is 398 g/mol. The molecule has 2 heterocycles. The van der Waals surface area contributed by atoms with E-state index < -0.39 is 5.54 Å². The number of hydrogen-bond donors (Lipinski definition) is 2. The molecule has 3 N–H and O–H groups in total. The topological polar surface area (TPSA) is 63.4 Å². The van der Waals surface area contributed by atoms with Crippen LogP contribution in [0.5, 0.6) is 5.75 Å². The minimum atomic E-state index is -0.700. The maximum absolute atomic E-state index is 14.8. The normalized spacial score (nSPS) is 21.5. The minimum Gasteiger partial charge on any atom is -0.495 e. The zero-order valence-electron chi connectivity index (χ0n) is 16.5.